The normalized spacial score (nSPS) is 46.8. The lowest BCUT2D eigenvalue weighted by atomic mass is 9.74. The van der Waals surface area contributed by atoms with Crippen molar-refractivity contribution in [2.75, 3.05) is 13.7 Å². The molecule has 3 rings (SSSR count). The Balaban J connectivity index is 1.72. The summed E-state index contributed by atoms with van der Waals surface area (Å²) in [4.78, 5) is 11.9. The van der Waals surface area contributed by atoms with Crippen LogP contribution in [0.4, 0.5) is 0 Å². The maximum absolute atomic E-state index is 11.9. The van der Waals surface area contributed by atoms with Crippen LogP contribution in [0.1, 0.15) is 52.9 Å². The molecule has 3 heterocycles. The fourth-order valence-electron chi connectivity index (χ4n) is 4.40. The van der Waals surface area contributed by atoms with E-state index in [2.05, 4.69) is 0 Å². The summed E-state index contributed by atoms with van der Waals surface area (Å²) >= 11 is 0. The first-order valence-corrected chi connectivity index (χ1v) is 9.17. The van der Waals surface area contributed by atoms with Crippen LogP contribution >= 0.6 is 0 Å². The van der Waals surface area contributed by atoms with Gasteiger partial charge in [0.05, 0.1) is 48.6 Å². The summed E-state index contributed by atoms with van der Waals surface area (Å²) in [5, 5.41) is 10.9. The number of fused-ring (bicyclic) bond motifs is 2. The Morgan fingerprint density at radius 2 is 2.00 bits per heavy atom. The second kappa shape index (κ2) is 7.12. The molecule has 144 valence electrons. The predicted octanol–water partition coefficient (Wildman–Crippen LogP) is 1.55. The monoisotopic (exact) mass is 358 g/mol. The smallest absolute Gasteiger partial charge is 0.308 e. The van der Waals surface area contributed by atoms with Gasteiger partial charge < -0.3 is 28.8 Å². The van der Waals surface area contributed by atoms with E-state index in [9.17, 15) is 9.90 Å². The van der Waals surface area contributed by atoms with Gasteiger partial charge in [0.15, 0.2) is 6.29 Å². The van der Waals surface area contributed by atoms with Crippen molar-refractivity contribution in [3.63, 3.8) is 0 Å². The van der Waals surface area contributed by atoms with Gasteiger partial charge in [0.2, 0.25) is 0 Å². The Morgan fingerprint density at radius 1 is 1.24 bits per heavy atom. The first kappa shape index (κ1) is 19.0. The number of carbonyl (C=O) groups excluding carboxylic acids is 1. The third kappa shape index (κ3) is 3.85. The number of hydrogen-bond donors (Lipinski definition) is 1. The summed E-state index contributed by atoms with van der Waals surface area (Å²) in [5.41, 5.74) is -1.76. The van der Waals surface area contributed by atoms with Crippen molar-refractivity contribution >= 4 is 5.97 Å². The van der Waals surface area contributed by atoms with E-state index in [1.165, 1.54) is 0 Å². The molecule has 0 radical (unpaired) electrons. The third-order valence-electron chi connectivity index (χ3n) is 5.63. The number of aliphatic hydroxyl groups is 1. The zero-order chi connectivity index (χ0) is 18.2. The van der Waals surface area contributed by atoms with E-state index >= 15 is 0 Å². The Kier molecular flexibility index (Phi) is 5.42. The molecule has 3 aliphatic rings. The minimum absolute atomic E-state index is 0.0198. The van der Waals surface area contributed by atoms with Crippen LogP contribution < -0.4 is 0 Å². The van der Waals surface area contributed by atoms with Gasteiger partial charge in [0.25, 0.3) is 0 Å². The molecule has 3 aliphatic heterocycles. The fraction of sp³-hybridized carbons (Fsp3) is 0.944. The molecule has 0 bridgehead atoms. The molecular weight excluding hydrogens is 328 g/mol. The Morgan fingerprint density at radius 3 is 2.68 bits per heavy atom. The van der Waals surface area contributed by atoms with Gasteiger partial charge in [0.1, 0.15) is 0 Å². The van der Waals surface area contributed by atoms with Crippen molar-refractivity contribution in [3.8, 4) is 0 Å². The summed E-state index contributed by atoms with van der Waals surface area (Å²) in [6.07, 6.45) is 1.56. The van der Waals surface area contributed by atoms with Crippen molar-refractivity contribution in [3.05, 3.63) is 0 Å². The molecular formula is C18H30O7. The maximum Gasteiger partial charge on any atom is 0.308 e. The maximum atomic E-state index is 11.9. The van der Waals surface area contributed by atoms with Crippen molar-refractivity contribution in [1.82, 2.24) is 0 Å². The summed E-state index contributed by atoms with van der Waals surface area (Å²) in [5.74, 6) is -0.362. The Bertz CT molecular complexity index is 494. The van der Waals surface area contributed by atoms with Gasteiger partial charge in [-0.1, -0.05) is 0 Å². The van der Waals surface area contributed by atoms with Crippen LogP contribution in [0.5, 0.6) is 0 Å². The summed E-state index contributed by atoms with van der Waals surface area (Å²) < 4.78 is 28.8. The van der Waals surface area contributed by atoms with Gasteiger partial charge >= 0.3 is 5.97 Å². The van der Waals surface area contributed by atoms with Crippen molar-refractivity contribution in [2.24, 2.45) is 0 Å². The molecule has 0 saturated carbocycles. The quantitative estimate of drug-likeness (QED) is 0.763. The van der Waals surface area contributed by atoms with Gasteiger partial charge in [-0.3, -0.25) is 4.79 Å². The molecule has 0 amide bonds. The first-order valence-electron chi connectivity index (χ1n) is 9.17. The predicted molar refractivity (Wildman–Crippen MR) is 88.0 cm³/mol. The van der Waals surface area contributed by atoms with Crippen LogP contribution in [0.15, 0.2) is 0 Å². The van der Waals surface area contributed by atoms with E-state index in [4.69, 9.17) is 23.7 Å². The van der Waals surface area contributed by atoms with Gasteiger partial charge in [-0.05, 0) is 27.2 Å². The van der Waals surface area contributed by atoms with Gasteiger partial charge in [-0.15, -0.1) is 0 Å². The van der Waals surface area contributed by atoms with E-state index < -0.39 is 17.3 Å². The van der Waals surface area contributed by atoms with E-state index in [1.807, 2.05) is 6.92 Å². The van der Waals surface area contributed by atoms with Gasteiger partial charge in [-0.25, -0.2) is 0 Å². The highest BCUT2D eigenvalue weighted by atomic mass is 16.7. The molecule has 0 aromatic rings. The van der Waals surface area contributed by atoms with Crippen LogP contribution in [0.25, 0.3) is 0 Å². The SMILES string of the molecule is CCOC(=O)C[C@H]1O[C@H]2C[C@H]3OC(OC)CC[C@@H]3O[C@]2(C)C[C@]1(C)O. The molecule has 0 aromatic heterocycles. The Labute approximate surface area is 148 Å². The molecule has 3 saturated heterocycles. The molecule has 25 heavy (non-hydrogen) atoms. The minimum Gasteiger partial charge on any atom is -0.466 e. The van der Waals surface area contributed by atoms with Crippen LogP contribution in [-0.2, 0) is 28.5 Å². The molecule has 7 heteroatoms. The fourth-order valence-corrected chi connectivity index (χ4v) is 4.40. The molecule has 7 atom stereocenters. The first-order chi connectivity index (χ1) is 11.8. The van der Waals surface area contributed by atoms with Crippen molar-refractivity contribution in [1.29, 1.82) is 0 Å². The highest BCUT2D eigenvalue weighted by Gasteiger charge is 2.57. The molecule has 3 fully saturated rings. The van der Waals surface area contributed by atoms with Crippen LogP contribution in [0.2, 0.25) is 0 Å². The van der Waals surface area contributed by atoms with E-state index in [1.54, 1.807) is 21.0 Å². The highest BCUT2D eigenvalue weighted by Crippen LogP contribution is 2.47. The number of ether oxygens (including phenoxy) is 5. The lowest BCUT2D eigenvalue weighted by Crippen LogP contribution is -2.66. The minimum atomic E-state index is -1.16. The van der Waals surface area contributed by atoms with Gasteiger partial charge in [0, 0.05) is 26.4 Å². The number of hydrogen-bond acceptors (Lipinski definition) is 7. The highest BCUT2D eigenvalue weighted by molar-refractivity contribution is 5.70. The van der Waals surface area contributed by atoms with Crippen LogP contribution in [-0.4, -0.2) is 66.7 Å². The lowest BCUT2D eigenvalue weighted by molar-refractivity contribution is -0.333. The molecule has 0 aromatic carbocycles. The van der Waals surface area contributed by atoms with Crippen molar-refractivity contribution < 1.29 is 33.6 Å². The Hall–Kier alpha value is -0.730. The lowest BCUT2D eigenvalue weighted by Gasteiger charge is -2.56. The van der Waals surface area contributed by atoms with Gasteiger partial charge in [-0.2, -0.15) is 0 Å². The topological polar surface area (TPSA) is 83.5 Å². The van der Waals surface area contributed by atoms with E-state index in [0.717, 1.165) is 12.8 Å². The van der Waals surface area contributed by atoms with Crippen molar-refractivity contribution in [2.45, 2.75) is 94.8 Å². The summed E-state index contributed by atoms with van der Waals surface area (Å²) in [7, 11) is 1.64. The second-order valence-electron chi connectivity index (χ2n) is 7.78. The molecule has 1 N–H and O–H groups in total. The van der Waals surface area contributed by atoms with Crippen LogP contribution in [0, 0.1) is 0 Å². The molecule has 7 nitrogen and oxygen atoms in total. The van der Waals surface area contributed by atoms with E-state index in [0.29, 0.717) is 19.4 Å². The number of esters is 1. The zero-order valence-corrected chi connectivity index (χ0v) is 15.5. The molecule has 1 unspecified atom stereocenters. The van der Waals surface area contributed by atoms with E-state index in [-0.39, 0.29) is 37.0 Å². The number of methoxy groups -OCH3 is 1. The second-order valence-corrected chi connectivity index (χ2v) is 7.78. The average molecular weight is 358 g/mol. The molecule has 0 aliphatic carbocycles. The summed E-state index contributed by atoms with van der Waals surface area (Å²) in [6, 6.07) is 0. The number of carbonyl (C=O) groups is 1. The largest absolute Gasteiger partial charge is 0.466 e. The standard InChI is InChI=1S/C18H30O7/c1-5-22-15(19)9-13-17(2,20)10-18(3)14(24-13)8-12-11(25-18)6-7-16(21-4)23-12/h11-14,16,20H,5-10H2,1-4H3/t11-,12+,13+,14-,16?,17-,18+/m0/s1. The number of rotatable bonds is 4. The van der Waals surface area contributed by atoms with Crippen LogP contribution in [0.3, 0.4) is 0 Å². The molecule has 0 spiro atoms. The third-order valence-corrected chi connectivity index (χ3v) is 5.63. The average Bonchev–Trinajstić information content (AvgIpc) is 2.53. The summed E-state index contributed by atoms with van der Waals surface area (Å²) in [6.45, 7) is 5.75. The zero-order valence-electron chi connectivity index (χ0n) is 15.5.